The summed E-state index contributed by atoms with van der Waals surface area (Å²) in [5.74, 6) is 0. The summed E-state index contributed by atoms with van der Waals surface area (Å²) in [6.07, 6.45) is 3.58. The molecular weight excluding hydrogens is 308 g/mol. The van der Waals surface area contributed by atoms with Crippen LogP contribution in [0.15, 0.2) is 54.6 Å². The molecule has 0 radical (unpaired) electrons. The van der Waals surface area contributed by atoms with E-state index in [1.807, 2.05) is 7.11 Å². The lowest BCUT2D eigenvalue weighted by Crippen LogP contribution is -2.45. The van der Waals surface area contributed by atoms with Crippen molar-refractivity contribution in [2.75, 3.05) is 13.7 Å². The zero-order chi connectivity index (χ0) is 16.8. The molecule has 0 saturated carbocycles. The molecular formula is C22H24N2O. The van der Waals surface area contributed by atoms with Crippen LogP contribution in [0.25, 0.3) is 10.9 Å². The van der Waals surface area contributed by atoms with Crippen molar-refractivity contribution in [2.45, 2.75) is 37.5 Å². The van der Waals surface area contributed by atoms with Crippen LogP contribution in [0.2, 0.25) is 0 Å². The highest BCUT2D eigenvalue weighted by Crippen LogP contribution is 2.46. The third-order valence-electron chi connectivity index (χ3n) is 6.09. The molecule has 3 nitrogen and oxygen atoms in total. The number of H-pyrrole nitrogens is 1. The topological polar surface area (TPSA) is 28.3 Å². The van der Waals surface area contributed by atoms with Gasteiger partial charge in [-0.3, -0.25) is 4.90 Å². The number of hydrogen-bond donors (Lipinski definition) is 1. The van der Waals surface area contributed by atoms with Gasteiger partial charge in [0, 0.05) is 36.3 Å². The fourth-order valence-electron chi connectivity index (χ4n) is 4.89. The van der Waals surface area contributed by atoms with Crippen LogP contribution in [0.1, 0.15) is 41.7 Å². The number of piperidine rings is 1. The average Bonchev–Trinajstić information content (AvgIpc) is 3.07. The van der Waals surface area contributed by atoms with Crippen LogP contribution in [-0.4, -0.2) is 29.6 Å². The summed E-state index contributed by atoms with van der Waals surface area (Å²) in [6.45, 7) is 1.12. The fraction of sp³-hybridized carbons (Fsp3) is 0.364. The summed E-state index contributed by atoms with van der Waals surface area (Å²) in [6, 6.07) is 20.5. The molecule has 3 aromatic rings. The molecule has 3 atom stereocenters. The molecule has 3 heterocycles. The summed E-state index contributed by atoms with van der Waals surface area (Å²) in [5.41, 5.74) is 5.61. The highest BCUT2D eigenvalue weighted by atomic mass is 16.5. The highest BCUT2D eigenvalue weighted by molar-refractivity contribution is 5.85. The van der Waals surface area contributed by atoms with Gasteiger partial charge in [-0.05, 0) is 36.5 Å². The molecule has 25 heavy (non-hydrogen) atoms. The maximum absolute atomic E-state index is 5.84. The molecule has 1 aromatic heterocycles. The van der Waals surface area contributed by atoms with Crippen LogP contribution in [0.4, 0.5) is 0 Å². The van der Waals surface area contributed by atoms with Crippen LogP contribution < -0.4 is 0 Å². The predicted octanol–water partition coefficient (Wildman–Crippen LogP) is 4.62. The van der Waals surface area contributed by atoms with E-state index in [4.69, 9.17) is 4.74 Å². The van der Waals surface area contributed by atoms with E-state index >= 15 is 0 Å². The van der Waals surface area contributed by atoms with Crippen molar-refractivity contribution >= 4 is 10.9 Å². The average molecular weight is 332 g/mol. The second-order valence-electron chi connectivity index (χ2n) is 7.32. The van der Waals surface area contributed by atoms with Gasteiger partial charge in [0.2, 0.25) is 0 Å². The first kappa shape index (κ1) is 15.2. The summed E-state index contributed by atoms with van der Waals surface area (Å²) in [7, 11) is 1.86. The number of fused-ring (bicyclic) bond motifs is 5. The van der Waals surface area contributed by atoms with Crippen LogP contribution in [0.3, 0.4) is 0 Å². The Labute approximate surface area is 148 Å². The molecule has 0 amide bonds. The first-order valence-electron chi connectivity index (χ1n) is 9.28. The Morgan fingerprint density at radius 3 is 2.56 bits per heavy atom. The van der Waals surface area contributed by atoms with Gasteiger partial charge in [-0.1, -0.05) is 48.5 Å². The number of rotatable bonds is 2. The van der Waals surface area contributed by atoms with Gasteiger partial charge in [-0.2, -0.15) is 0 Å². The second kappa shape index (κ2) is 6.01. The summed E-state index contributed by atoms with van der Waals surface area (Å²) in [4.78, 5) is 6.43. The van der Waals surface area contributed by atoms with E-state index in [0.29, 0.717) is 18.2 Å². The van der Waals surface area contributed by atoms with Gasteiger partial charge >= 0.3 is 0 Å². The SMILES string of the molecule is CO[C@@H]1C[C@@H]2c3[nH]c4ccccc4c3CCN2[C@H](c2ccccc2)C1. The Bertz CT molecular complexity index is 885. The minimum atomic E-state index is 0.309. The Balaban J connectivity index is 1.60. The van der Waals surface area contributed by atoms with Gasteiger partial charge in [0.15, 0.2) is 0 Å². The molecule has 1 fully saturated rings. The minimum Gasteiger partial charge on any atom is -0.381 e. The van der Waals surface area contributed by atoms with E-state index in [2.05, 4.69) is 64.5 Å². The molecule has 0 aliphatic carbocycles. The number of nitrogens with one attached hydrogen (secondary N) is 1. The maximum atomic E-state index is 5.84. The van der Waals surface area contributed by atoms with Gasteiger partial charge in [-0.25, -0.2) is 0 Å². The predicted molar refractivity (Wildman–Crippen MR) is 101 cm³/mol. The van der Waals surface area contributed by atoms with Crippen LogP contribution in [0, 0.1) is 0 Å². The quantitative estimate of drug-likeness (QED) is 0.742. The second-order valence-corrected chi connectivity index (χ2v) is 7.32. The van der Waals surface area contributed by atoms with Crippen LogP contribution >= 0.6 is 0 Å². The number of methoxy groups -OCH3 is 1. The Kier molecular flexibility index (Phi) is 3.65. The van der Waals surface area contributed by atoms with Crippen molar-refractivity contribution in [1.29, 1.82) is 0 Å². The van der Waals surface area contributed by atoms with Crippen molar-refractivity contribution in [3.05, 3.63) is 71.4 Å². The summed E-state index contributed by atoms with van der Waals surface area (Å²) >= 11 is 0. The van der Waals surface area contributed by atoms with Crippen LogP contribution in [0.5, 0.6) is 0 Å². The van der Waals surface area contributed by atoms with Crippen molar-refractivity contribution in [1.82, 2.24) is 9.88 Å². The van der Waals surface area contributed by atoms with E-state index in [1.54, 1.807) is 0 Å². The van der Waals surface area contributed by atoms with Gasteiger partial charge in [0.25, 0.3) is 0 Å². The van der Waals surface area contributed by atoms with Crippen molar-refractivity contribution < 1.29 is 4.74 Å². The van der Waals surface area contributed by atoms with Gasteiger partial charge in [-0.15, -0.1) is 0 Å². The Hall–Kier alpha value is -2.10. The third kappa shape index (κ3) is 2.42. The molecule has 3 heteroatoms. The Morgan fingerprint density at radius 1 is 0.960 bits per heavy atom. The minimum absolute atomic E-state index is 0.309. The highest BCUT2D eigenvalue weighted by Gasteiger charge is 2.41. The molecule has 1 N–H and O–H groups in total. The lowest BCUT2D eigenvalue weighted by molar-refractivity contribution is -0.0291. The number of aromatic nitrogens is 1. The molecule has 128 valence electrons. The van der Waals surface area contributed by atoms with Crippen molar-refractivity contribution in [3.8, 4) is 0 Å². The lowest BCUT2D eigenvalue weighted by atomic mass is 9.83. The van der Waals surface area contributed by atoms with Gasteiger partial charge in [0.05, 0.1) is 12.1 Å². The summed E-state index contributed by atoms with van der Waals surface area (Å²) in [5, 5.41) is 1.40. The third-order valence-corrected chi connectivity index (χ3v) is 6.09. The zero-order valence-electron chi connectivity index (χ0n) is 14.6. The van der Waals surface area contributed by atoms with E-state index in [0.717, 1.165) is 25.8 Å². The molecule has 0 bridgehead atoms. The molecule has 1 saturated heterocycles. The number of nitrogens with zero attached hydrogens (tertiary/aromatic N) is 1. The van der Waals surface area contributed by atoms with Gasteiger partial charge in [0.1, 0.15) is 0 Å². The van der Waals surface area contributed by atoms with E-state index in [9.17, 15) is 0 Å². The first-order valence-corrected chi connectivity index (χ1v) is 9.28. The normalized spacial score (nSPS) is 26.4. The number of benzene rings is 2. The summed E-state index contributed by atoms with van der Waals surface area (Å²) < 4.78 is 5.84. The Morgan fingerprint density at radius 2 is 1.72 bits per heavy atom. The van der Waals surface area contributed by atoms with E-state index in [-0.39, 0.29) is 0 Å². The van der Waals surface area contributed by atoms with Crippen molar-refractivity contribution in [3.63, 3.8) is 0 Å². The number of aromatic amines is 1. The largest absolute Gasteiger partial charge is 0.381 e. The molecule has 2 aromatic carbocycles. The molecule has 5 rings (SSSR count). The molecule has 0 unspecified atom stereocenters. The fourth-order valence-corrected chi connectivity index (χ4v) is 4.89. The zero-order valence-corrected chi connectivity index (χ0v) is 14.6. The van der Waals surface area contributed by atoms with E-state index < -0.39 is 0 Å². The number of ether oxygens (including phenoxy) is 1. The monoisotopic (exact) mass is 332 g/mol. The first-order chi connectivity index (χ1) is 12.3. The smallest absolute Gasteiger partial charge is 0.0608 e. The van der Waals surface area contributed by atoms with Crippen molar-refractivity contribution in [2.24, 2.45) is 0 Å². The number of hydrogen-bond acceptors (Lipinski definition) is 2. The standard InChI is InChI=1S/C22H24N2O/c1-25-16-13-20(15-7-3-2-4-8-15)24-12-11-18-17-9-5-6-10-19(17)23-22(18)21(24)14-16/h2-10,16,20-21,23H,11-14H2,1H3/t16-,20-,21+/m0/s1. The molecule has 0 spiro atoms. The molecule has 2 aliphatic heterocycles. The molecule has 2 aliphatic rings. The van der Waals surface area contributed by atoms with Crippen LogP contribution in [-0.2, 0) is 11.2 Å². The lowest BCUT2D eigenvalue weighted by Gasteiger charge is -2.47. The number of para-hydroxylation sites is 1. The maximum Gasteiger partial charge on any atom is 0.0608 e. The van der Waals surface area contributed by atoms with E-state index in [1.165, 1.54) is 27.7 Å². The van der Waals surface area contributed by atoms with Gasteiger partial charge < -0.3 is 9.72 Å².